The molecule has 0 aliphatic heterocycles. The summed E-state index contributed by atoms with van der Waals surface area (Å²) in [5.74, 6) is -1.42. The molecule has 1 unspecified atom stereocenters. The zero-order valence-electron chi connectivity index (χ0n) is 6.28. The molecule has 7 nitrogen and oxygen atoms in total. The Kier molecular flexibility index (Phi) is 3.82. The van der Waals surface area contributed by atoms with E-state index in [0.29, 0.717) is 0 Å². The van der Waals surface area contributed by atoms with E-state index in [0.717, 1.165) is 6.92 Å². The zero-order chi connectivity index (χ0) is 9.94. The number of hydrogen-bond acceptors (Lipinski definition) is 3. The lowest BCUT2D eigenvalue weighted by Crippen LogP contribution is -2.34. The summed E-state index contributed by atoms with van der Waals surface area (Å²) in [6.45, 7) is 0.171. The molecule has 0 spiro atoms. The maximum absolute atomic E-state index is 10.5. The topological polar surface area (TPSA) is 118 Å². The van der Waals surface area contributed by atoms with Gasteiger partial charge in [-0.15, -0.1) is 0 Å². The molecule has 0 heterocycles. The fourth-order valence-corrected chi connectivity index (χ4v) is 1.32. The van der Waals surface area contributed by atoms with Crippen molar-refractivity contribution in [2.75, 3.05) is 6.54 Å². The fourth-order valence-electron chi connectivity index (χ4n) is 0.580. The lowest BCUT2D eigenvalue weighted by molar-refractivity contribution is -0.139. The molecule has 0 fully saturated rings. The summed E-state index contributed by atoms with van der Waals surface area (Å²) in [6.07, 6.45) is -1.50. The average molecular weight is 199 g/mol. The van der Waals surface area contributed by atoms with Crippen molar-refractivity contribution in [3.63, 3.8) is 0 Å². The Morgan fingerprint density at radius 1 is 1.58 bits per heavy atom. The molecule has 0 saturated heterocycles. The van der Waals surface area contributed by atoms with Crippen molar-refractivity contribution in [1.29, 1.82) is 0 Å². The van der Waals surface area contributed by atoms with Gasteiger partial charge in [-0.2, -0.15) is 4.67 Å². The molecule has 0 amide bonds. The van der Waals surface area contributed by atoms with Gasteiger partial charge < -0.3 is 20.0 Å². The largest absolute Gasteiger partial charge is 0.480 e. The monoisotopic (exact) mass is 199 g/mol. The predicted molar refractivity (Wildman–Crippen MR) is 38.1 cm³/mol. The summed E-state index contributed by atoms with van der Waals surface area (Å²) < 4.78 is 10.7. The highest BCUT2D eigenvalue weighted by molar-refractivity contribution is 7.49. The maximum Gasteiger partial charge on any atom is 0.405 e. The lowest BCUT2D eigenvalue weighted by Gasteiger charge is -2.23. The molecule has 0 aliphatic carbocycles. The molecular weight excluding hydrogens is 189 g/mol. The van der Waals surface area contributed by atoms with Crippen molar-refractivity contribution in [3.05, 3.63) is 0 Å². The quantitative estimate of drug-likeness (QED) is 0.332. The van der Waals surface area contributed by atoms with Crippen LogP contribution in [-0.4, -0.2) is 43.4 Å². The summed E-state index contributed by atoms with van der Waals surface area (Å²) in [5, 5.41) is 17.0. The number of carboxylic acid groups (broad SMARTS) is 1. The minimum atomic E-state index is -4.68. The second-order valence-electron chi connectivity index (χ2n) is 2.14. The molecule has 12 heavy (non-hydrogen) atoms. The molecular formula is C4H10NO6P. The van der Waals surface area contributed by atoms with Gasteiger partial charge in [-0.25, -0.2) is 4.57 Å². The Morgan fingerprint density at radius 2 is 2.00 bits per heavy atom. The van der Waals surface area contributed by atoms with E-state index in [1.165, 1.54) is 0 Å². The molecule has 0 aromatic carbocycles. The molecule has 0 radical (unpaired) electrons. The number of rotatable bonds is 4. The SMILES string of the molecule is CC(O)N(CC(=O)O)P(=O)(O)O. The third kappa shape index (κ3) is 3.80. The molecule has 0 rings (SSSR count). The number of hydrogen-bond donors (Lipinski definition) is 4. The van der Waals surface area contributed by atoms with E-state index in [9.17, 15) is 9.36 Å². The third-order valence-electron chi connectivity index (χ3n) is 1.06. The van der Waals surface area contributed by atoms with Gasteiger partial charge in [-0.1, -0.05) is 0 Å². The van der Waals surface area contributed by atoms with Gasteiger partial charge in [-0.3, -0.25) is 4.79 Å². The van der Waals surface area contributed by atoms with Gasteiger partial charge in [0.05, 0.1) is 0 Å². The van der Waals surface area contributed by atoms with Crippen LogP contribution in [0.1, 0.15) is 6.92 Å². The average Bonchev–Trinajstić information content (AvgIpc) is 1.79. The van der Waals surface area contributed by atoms with Crippen LogP contribution in [0.4, 0.5) is 0 Å². The van der Waals surface area contributed by atoms with Gasteiger partial charge in [0.25, 0.3) is 0 Å². The van der Waals surface area contributed by atoms with E-state index in [1.807, 2.05) is 0 Å². The van der Waals surface area contributed by atoms with Gasteiger partial charge in [0.2, 0.25) is 0 Å². The number of carboxylic acids is 1. The van der Waals surface area contributed by atoms with E-state index < -0.39 is 26.5 Å². The van der Waals surface area contributed by atoms with Crippen molar-refractivity contribution >= 4 is 13.7 Å². The summed E-state index contributed by atoms with van der Waals surface area (Å²) in [4.78, 5) is 27.1. The summed E-state index contributed by atoms with van der Waals surface area (Å²) in [6, 6.07) is 0. The van der Waals surface area contributed by atoms with Gasteiger partial charge in [0.15, 0.2) is 0 Å². The third-order valence-corrected chi connectivity index (χ3v) is 2.21. The Labute approximate surface area is 68.5 Å². The van der Waals surface area contributed by atoms with E-state index in [1.54, 1.807) is 0 Å². The minimum Gasteiger partial charge on any atom is -0.480 e. The summed E-state index contributed by atoms with van der Waals surface area (Å²) in [7, 11) is -4.68. The Morgan fingerprint density at radius 3 is 2.08 bits per heavy atom. The smallest absolute Gasteiger partial charge is 0.405 e. The first-order valence-corrected chi connectivity index (χ1v) is 4.54. The van der Waals surface area contributed by atoms with Crippen molar-refractivity contribution in [2.45, 2.75) is 13.2 Å². The molecule has 4 N–H and O–H groups in total. The van der Waals surface area contributed by atoms with E-state index in [-0.39, 0.29) is 4.67 Å². The van der Waals surface area contributed by atoms with Crippen LogP contribution in [0.5, 0.6) is 0 Å². The first kappa shape index (κ1) is 11.5. The highest BCUT2D eigenvalue weighted by atomic mass is 31.2. The maximum atomic E-state index is 10.5. The van der Waals surface area contributed by atoms with Crippen molar-refractivity contribution in [2.24, 2.45) is 0 Å². The molecule has 0 aliphatic rings. The first-order valence-electron chi connectivity index (χ1n) is 2.97. The number of carbonyl (C=O) groups is 1. The minimum absolute atomic E-state index is 0.176. The Hall–Kier alpha value is -0.460. The lowest BCUT2D eigenvalue weighted by atomic mass is 10.6. The highest BCUT2D eigenvalue weighted by Gasteiger charge is 2.30. The molecule has 72 valence electrons. The first-order chi connectivity index (χ1) is 5.25. The molecule has 0 saturated carbocycles. The predicted octanol–water partition coefficient (Wildman–Crippen LogP) is -1.20. The number of nitrogens with zero attached hydrogens (tertiary/aromatic N) is 1. The van der Waals surface area contributed by atoms with Gasteiger partial charge >= 0.3 is 13.7 Å². The van der Waals surface area contributed by atoms with E-state index in [2.05, 4.69) is 0 Å². The molecule has 0 bridgehead atoms. The zero-order valence-corrected chi connectivity index (χ0v) is 7.18. The van der Waals surface area contributed by atoms with Crippen LogP contribution in [-0.2, 0) is 9.36 Å². The van der Waals surface area contributed by atoms with Gasteiger partial charge in [0, 0.05) is 0 Å². The molecule has 8 heteroatoms. The van der Waals surface area contributed by atoms with Crippen molar-refractivity contribution < 1.29 is 29.4 Å². The van der Waals surface area contributed by atoms with Crippen molar-refractivity contribution in [1.82, 2.24) is 4.67 Å². The van der Waals surface area contributed by atoms with Crippen LogP contribution in [0.2, 0.25) is 0 Å². The molecule has 0 aromatic rings. The summed E-state index contributed by atoms with van der Waals surface area (Å²) >= 11 is 0. The number of aliphatic hydroxyl groups is 1. The van der Waals surface area contributed by atoms with Crippen LogP contribution >= 0.6 is 7.75 Å². The van der Waals surface area contributed by atoms with E-state index in [4.69, 9.17) is 20.0 Å². The van der Waals surface area contributed by atoms with Crippen molar-refractivity contribution in [3.8, 4) is 0 Å². The molecule has 0 aromatic heterocycles. The Bertz CT molecular complexity index is 210. The van der Waals surface area contributed by atoms with E-state index >= 15 is 0 Å². The highest BCUT2D eigenvalue weighted by Crippen LogP contribution is 2.40. The number of aliphatic hydroxyl groups excluding tert-OH is 1. The number of aliphatic carboxylic acids is 1. The van der Waals surface area contributed by atoms with Crippen LogP contribution in [0, 0.1) is 0 Å². The standard InChI is InChI=1S/C4H10NO6P/c1-3(6)5(2-4(7)8)12(9,10)11/h3,6H,2H2,1H3,(H,7,8)(H2,9,10,11). The summed E-state index contributed by atoms with van der Waals surface area (Å²) in [5.41, 5.74) is 0. The van der Waals surface area contributed by atoms with Crippen LogP contribution < -0.4 is 0 Å². The van der Waals surface area contributed by atoms with Crippen LogP contribution in [0.15, 0.2) is 0 Å². The fraction of sp³-hybridized carbons (Fsp3) is 0.750. The van der Waals surface area contributed by atoms with Gasteiger partial charge in [0.1, 0.15) is 12.8 Å². The molecule has 1 atom stereocenters. The Balaban J connectivity index is 4.46. The normalized spacial score (nSPS) is 14.8. The van der Waals surface area contributed by atoms with Crippen LogP contribution in [0.3, 0.4) is 0 Å². The van der Waals surface area contributed by atoms with Gasteiger partial charge in [-0.05, 0) is 6.92 Å². The second-order valence-corrected chi connectivity index (χ2v) is 3.68. The van der Waals surface area contributed by atoms with Crippen LogP contribution in [0.25, 0.3) is 0 Å². The second kappa shape index (κ2) is 3.97.